The van der Waals surface area contributed by atoms with Gasteiger partial charge in [0.1, 0.15) is 17.9 Å². The number of imidazole rings is 1. The molecule has 2 unspecified atom stereocenters. The van der Waals surface area contributed by atoms with Gasteiger partial charge in [0.05, 0.1) is 22.8 Å². The number of hydrogen-bond donors (Lipinski definition) is 3. The average Bonchev–Trinajstić information content (AvgIpc) is 3.66. The third-order valence-corrected chi connectivity index (χ3v) is 8.62. The summed E-state index contributed by atoms with van der Waals surface area (Å²) in [4.78, 5) is 40.8. The van der Waals surface area contributed by atoms with E-state index in [4.69, 9.17) is 4.74 Å². The van der Waals surface area contributed by atoms with Gasteiger partial charge in [-0.1, -0.05) is 6.07 Å². The van der Waals surface area contributed by atoms with Gasteiger partial charge in [0.2, 0.25) is 0 Å². The lowest BCUT2D eigenvalue weighted by Crippen LogP contribution is -2.44. The number of nitrogens with one attached hydrogen (secondary N) is 3. The highest BCUT2D eigenvalue weighted by Crippen LogP contribution is 2.43. The summed E-state index contributed by atoms with van der Waals surface area (Å²) >= 11 is 0. The van der Waals surface area contributed by atoms with Crippen molar-refractivity contribution in [1.29, 1.82) is 0 Å². The third-order valence-electron chi connectivity index (χ3n) is 8.62. The number of fused-ring (bicyclic) bond motifs is 1. The number of amides is 1. The molecular formula is C31H36FN7O3. The Morgan fingerprint density at radius 3 is 2.76 bits per heavy atom. The molecule has 0 radical (unpaired) electrons. The van der Waals surface area contributed by atoms with Crippen LogP contribution in [0.4, 0.5) is 10.2 Å². The second-order valence-electron chi connectivity index (χ2n) is 12.6. The van der Waals surface area contributed by atoms with Crippen LogP contribution in [0.15, 0.2) is 53.7 Å². The van der Waals surface area contributed by atoms with Crippen LogP contribution in [0, 0.1) is 11.7 Å². The number of aromatic nitrogens is 4. The molecule has 3 N–H and O–H groups in total. The first-order valence-corrected chi connectivity index (χ1v) is 14.3. The molecule has 2 fully saturated rings. The quantitative estimate of drug-likeness (QED) is 0.299. The number of H-pyrrole nitrogens is 2. The van der Waals surface area contributed by atoms with Crippen molar-refractivity contribution in [2.24, 2.45) is 5.92 Å². The molecule has 1 amide bonds. The molecule has 3 heterocycles. The highest BCUT2D eigenvalue weighted by molar-refractivity contribution is 5.97. The topological polar surface area (TPSA) is 119 Å². The maximum Gasteiger partial charge on any atom is 0.323 e. The van der Waals surface area contributed by atoms with Crippen LogP contribution in [-0.4, -0.2) is 55.4 Å². The summed E-state index contributed by atoms with van der Waals surface area (Å²) in [6.07, 6.45) is 8.08. The van der Waals surface area contributed by atoms with Gasteiger partial charge in [0, 0.05) is 24.7 Å². The first kappa shape index (κ1) is 27.9. The molecule has 10 nitrogen and oxygen atoms in total. The zero-order valence-corrected chi connectivity index (χ0v) is 24.3. The summed E-state index contributed by atoms with van der Waals surface area (Å²) in [7, 11) is 1.69. The summed E-state index contributed by atoms with van der Waals surface area (Å²) in [5, 5.41) is 2.00. The van der Waals surface area contributed by atoms with Crippen molar-refractivity contribution in [2.45, 2.75) is 64.0 Å². The number of rotatable bonds is 6. The molecular weight excluding hydrogens is 537 g/mol. The Hall–Kier alpha value is -4.25. The van der Waals surface area contributed by atoms with Crippen LogP contribution in [0.5, 0.6) is 11.5 Å². The average molecular weight is 574 g/mol. The molecule has 6 rings (SSSR count). The van der Waals surface area contributed by atoms with E-state index in [1.54, 1.807) is 18.1 Å². The lowest BCUT2D eigenvalue weighted by Gasteiger charge is -2.32. The number of benzene rings is 2. The third kappa shape index (κ3) is 5.48. The van der Waals surface area contributed by atoms with Gasteiger partial charge in [-0.05, 0) is 94.7 Å². The molecule has 1 spiro atoms. The van der Waals surface area contributed by atoms with Crippen molar-refractivity contribution in [3.8, 4) is 11.5 Å². The van der Waals surface area contributed by atoms with E-state index in [1.165, 1.54) is 30.1 Å². The summed E-state index contributed by atoms with van der Waals surface area (Å²) < 4.78 is 20.5. The maximum atomic E-state index is 14.3. The normalized spacial score (nSPS) is 20.5. The number of ether oxygens (including phenoxy) is 1. The minimum absolute atomic E-state index is 0.0498. The lowest BCUT2D eigenvalue weighted by atomic mass is 9.91. The van der Waals surface area contributed by atoms with E-state index in [9.17, 15) is 14.0 Å². The van der Waals surface area contributed by atoms with E-state index in [2.05, 4.69) is 37.5 Å². The van der Waals surface area contributed by atoms with Gasteiger partial charge in [-0.15, -0.1) is 0 Å². The van der Waals surface area contributed by atoms with Gasteiger partial charge in [-0.3, -0.25) is 9.80 Å². The number of anilines is 1. The predicted molar refractivity (Wildman–Crippen MR) is 158 cm³/mol. The number of nitrogens with zero attached hydrogens (tertiary/aromatic N) is 4. The van der Waals surface area contributed by atoms with E-state index in [0.717, 1.165) is 49.7 Å². The number of carbonyl (C=O) groups excluding carboxylic acids is 1. The molecule has 1 aliphatic heterocycles. The van der Waals surface area contributed by atoms with Crippen LogP contribution in [0.3, 0.4) is 0 Å². The molecule has 1 saturated heterocycles. The molecule has 2 aromatic carbocycles. The van der Waals surface area contributed by atoms with Crippen LogP contribution >= 0.6 is 0 Å². The van der Waals surface area contributed by atoms with Crippen LogP contribution in [0.2, 0.25) is 0 Å². The zero-order chi connectivity index (χ0) is 29.6. The maximum absolute atomic E-state index is 14.3. The van der Waals surface area contributed by atoms with E-state index in [0.29, 0.717) is 17.5 Å². The second-order valence-corrected chi connectivity index (χ2v) is 12.6. The van der Waals surface area contributed by atoms with Crippen molar-refractivity contribution in [3.05, 3.63) is 76.4 Å². The minimum atomic E-state index is -0.516. The fourth-order valence-corrected chi connectivity index (χ4v) is 6.11. The van der Waals surface area contributed by atoms with E-state index in [1.807, 2.05) is 31.8 Å². The van der Waals surface area contributed by atoms with Crippen LogP contribution in [-0.2, 0) is 6.42 Å². The molecule has 4 aromatic rings. The largest absolute Gasteiger partial charge is 0.451 e. The fourth-order valence-electron chi connectivity index (χ4n) is 6.11. The summed E-state index contributed by atoms with van der Waals surface area (Å²) in [6, 6.07) is 10.1. The summed E-state index contributed by atoms with van der Waals surface area (Å²) in [6.45, 7) is 6.48. The van der Waals surface area contributed by atoms with Crippen molar-refractivity contribution < 1.29 is 13.9 Å². The van der Waals surface area contributed by atoms with Crippen molar-refractivity contribution in [1.82, 2.24) is 30.3 Å². The second kappa shape index (κ2) is 10.5. The van der Waals surface area contributed by atoms with Crippen molar-refractivity contribution in [2.75, 3.05) is 18.6 Å². The number of aromatic amines is 2. The Bertz CT molecular complexity index is 1690. The number of halogens is 1. The SMILES string of the molecule is CN(C(=O)c1cc(F)ccc1Oc1cncnc1N1CCC2(CCC(Cc3ccc4[nH]c(=O)[nH]c4c3)C2)N1)C(C)(C)C. The highest BCUT2D eigenvalue weighted by Gasteiger charge is 2.44. The van der Waals surface area contributed by atoms with Gasteiger partial charge in [0.25, 0.3) is 5.91 Å². The Kier molecular flexibility index (Phi) is 7.00. The molecule has 11 heteroatoms. The van der Waals surface area contributed by atoms with Crippen LogP contribution in [0.25, 0.3) is 11.0 Å². The molecule has 2 aromatic heterocycles. The first-order chi connectivity index (χ1) is 20.0. The Labute approximate surface area is 243 Å². The molecule has 2 atom stereocenters. The Morgan fingerprint density at radius 1 is 1.14 bits per heavy atom. The molecule has 2 aliphatic rings. The highest BCUT2D eigenvalue weighted by atomic mass is 19.1. The number of hydrazine groups is 1. The summed E-state index contributed by atoms with van der Waals surface area (Å²) in [5.41, 5.74) is 6.02. The molecule has 0 bridgehead atoms. The Balaban J connectivity index is 1.18. The molecule has 1 saturated carbocycles. The van der Waals surface area contributed by atoms with Gasteiger partial charge in [-0.2, -0.15) is 0 Å². The van der Waals surface area contributed by atoms with Crippen LogP contribution < -0.4 is 20.9 Å². The molecule has 1 aliphatic carbocycles. The van der Waals surface area contributed by atoms with Gasteiger partial charge in [-0.25, -0.2) is 24.6 Å². The monoisotopic (exact) mass is 573 g/mol. The molecule has 220 valence electrons. The van der Waals surface area contributed by atoms with Gasteiger partial charge >= 0.3 is 5.69 Å². The minimum Gasteiger partial charge on any atom is -0.451 e. The summed E-state index contributed by atoms with van der Waals surface area (Å²) in [5.74, 6) is 0.840. The van der Waals surface area contributed by atoms with Crippen molar-refractivity contribution in [3.63, 3.8) is 0 Å². The van der Waals surface area contributed by atoms with Crippen molar-refractivity contribution >= 4 is 22.8 Å². The number of carbonyl (C=O) groups is 1. The Morgan fingerprint density at radius 2 is 1.95 bits per heavy atom. The lowest BCUT2D eigenvalue weighted by molar-refractivity contribution is 0.0652. The van der Waals surface area contributed by atoms with Crippen LogP contribution in [0.1, 0.15) is 62.4 Å². The van der Waals surface area contributed by atoms with E-state index in [-0.39, 0.29) is 28.4 Å². The molecule has 42 heavy (non-hydrogen) atoms. The predicted octanol–water partition coefficient (Wildman–Crippen LogP) is 4.94. The smallest absolute Gasteiger partial charge is 0.323 e. The first-order valence-electron chi connectivity index (χ1n) is 14.3. The van der Waals surface area contributed by atoms with Gasteiger partial charge < -0.3 is 19.6 Å². The van der Waals surface area contributed by atoms with E-state index >= 15 is 0 Å². The van der Waals surface area contributed by atoms with Gasteiger partial charge in [0.15, 0.2) is 11.6 Å². The zero-order valence-electron chi connectivity index (χ0n) is 24.3. The fraction of sp³-hybridized carbons (Fsp3) is 0.419. The van der Waals surface area contributed by atoms with E-state index < -0.39 is 11.4 Å². The standard InChI is InChI=1S/C31H36FN7O3/c1-30(2,3)38(4)28(40)22-15-21(32)6-8-25(22)42-26-17-33-18-34-27(26)39-12-11-31(37-39)10-9-20(16-31)13-19-5-7-23-24(14-19)36-29(41)35-23/h5-8,14-15,17-18,20,37H,9-13,16H2,1-4H3,(H2,35,36,41). The number of hydrogen-bond acceptors (Lipinski definition) is 7.